The van der Waals surface area contributed by atoms with Crippen molar-refractivity contribution < 1.29 is 19.1 Å². The lowest BCUT2D eigenvalue weighted by molar-refractivity contribution is -0.122. The molecule has 0 unspecified atom stereocenters. The van der Waals surface area contributed by atoms with Crippen molar-refractivity contribution in [3.05, 3.63) is 78.4 Å². The monoisotopic (exact) mass is 430 g/mol. The van der Waals surface area contributed by atoms with Crippen molar-refractivity contribution in [1.82, 2.24) is 0 Å². The first-order valence-electron chi connectivity index (χ1n) is 10.7. The highest BCUT2D eigenvalue weighted by molar-refractivity contribution is 6.03. The molecular weight excluding hydrogens is 404 g/mol. The van der Waals surface area contributed by atoms with Gasteiger partial charge in [-0.3, -0.25) is 9.59 Å². The fraction of sp³-hybridized carbons (Fsp3) is 0.231. The minimum Gasteiger partial charge on any atom is -0.494 e. The van der Waals surface area contributed by atoms with Gasteiger partial charge in [-0.15, -0.1) is 0 Å². The number of nitrogens with one attached hydrogen (secondary N) is 1. The summed E-state index contributed by atoms with van der Waals surface area (Å²) >= 11 is 0. The number of ether oxygens (including phenoxy) is 2. The molecule has 0 aromatic heterocycles. The van der Waals surface area contributed by atoms with Crippen LogP contribution in [-0.2, 0) is 9.59 Å². The quantitative estimate of drug-likeness (QED) is 0.561. The molecule has 1 aliphatic rings. The summed E-state index contributed by atoms with van der Waals surface area (Å²) in [4.78, 5) is 26.9. The first kappa shape index (κ1) is 21.4. The lowest BCUT2D eigenvalue weighted by Crippen LogP contribution is -2.28. The summed E-state index contributed by atoms with van der Waals surface area (Å²) in [5.74, 6) is 1.58. The van der Waals surface area contributed by atoms with Crippen molar-refractivity contribution in [3.8, 4) is 17.2 Å². The largest absolute Gasteiger partial charge is 0.494 e. The number of nitrogens with zero attached hydrogens (tertiary/aromatic N) is 1. The highest BCUT2D eigenvalue weighted by Gasteiger charge is 2.35. The Balaban J connectivity index is 1.35. The first-order valence-corrected chi connectivity index (χ1v) is 10.7. The Bertz CT molecular complexity index is 1090. The van der Waals surface area contributed by atoms with E-state index in [2.05, 4.69) is 5.32 Å². The number of benzene rings is 3. The summed E-state index contributed by atoms with van der Waals surface area (Å²) in [7, 11) is 0. The second-order valence-electron chi connectivity index (χ2n) is 7.76. The number of rotatable bonds is 7. The fourth-order valence-corrected chi connectivity index (χ4v) is 3.69. The number of aryl methyl sites for hydroxylation is 1. The van der Waals surface area contributed by atoms with Gasteiger partial charge in [0.15, 0.2) is 0 Å². The molecule has 0 saturated carbocycles. The molecule has 1 aliphatic heterocycles. The lowest BCUT2D eigenvalue weighted by atomic mass is 10.1. The Morgan fingerprint density at radius 1 is 1.00 bits per heavy atom. The minimum absolute atomic E-state index is 0.0591. The highest BCUT2D eigenvalue weighted by atomic mass is 16.5. The van der Waals surface area contributed by atoms with Crippen LogP contribution >= 0.6 is 0 Å². The molecule has 1 fully saturated rings. The van der Waals surface area contributed by atoms with Gasteiger partial charge < -0.3 is 19.7 Å². The van der Waals surface area contributed by atoms with Gasteiger partial charge in [0.2, 0.25) is 11.8 Å². The predicted octanol–water partition coefficient (Wildman–Crippen LogP) is 5.18. The topological polar surface area (TPSA) is 67.9 Å². The molecule has 1 atom stereocenters. The van der Waals surface area contributed by atoms with E-state index < -0.39 is 5.92 Å². The second-order valence-corrected chi connectivity index (χ2v) is 7.76. The van der Waals surface area contributed by atoms with Crippen LogP contribution in [0, 0.1) is 12.8 Å². The average Bonchev–Trinajstić information content (AvgIpc) is 3.18. The molecule has 0 radical (unpaired) electrons. The third kappa shape index (κ3) is 5.09. The third-order valence-corrected chi connectivity index (χ3v) is 5.30. The van der Waals surface area contributed by atoms with Crippen molar-refractivity contribution in [2.24, 2.45) is 5.92 Å². The number of carbonyl (C=O) groups excluding carboxylic acids is 2. The number of anilines is 2. The molecule has 6 heteroatoms. The van der Waals surface area contributed by atoms with Crippen molar-refractivity contribution in [2.75, 3.05) is 23.4 Å². The van der Waals surface area contributed by atoms with E-state index in [0.717, 1.165) is 22.7 Å². The maximum Gasteiger partial charge on any atom is 0.229 e. The average molecular weight is 431 g/mol. The lowest BCUT2D eigenvalue weighted by Gasteiger charge is -2.17. The van der Waals surface area contributed by atoms with Gasteiger partial charge in [0.25, 0.3) is 0 Å². The summed E-state index contributed by atoms with van der Waals surface area (Å²) in [6.07, 6.45) is 0.188. The molecule has 0 bridgehead atoms. The van der Waals surface area contributed by atoms with E-state index in [1.165, 1.54) is 0 Å². The standard InChI is InChI=1S/C26H26N2O4/c1-3-31-22-13-9-21(10-14-22)28-17-19(16-25(28)29)26(30)27-20-7-11-23(12-8-20)32-24-6-4-5-18(2)15-24/h4-15,19H,3,16-17H2,1-2H3,(H,27,30)/t19-/m1/s1. The number of amides is 2. The van der Waals surface area contributed by atoms with Crippen LogP contribution in [0.25, 0.3) is 0 Å². The van der Waals surface area contributed by atoms with Gasteiger partial charge in [0.1, 0.15) is 17.2 Å². The van der Waals surface area contributed by atoms with Crippen molar-refractivity contribution in [1.29, 1.82) is 0 Å². The summed E-state index contributed by atoms with van der Waals surface area (Å²) in [6, 6.07) is 22.4. The fourth-order valence-electron chi connectivity index (χ4n) is 3.69. The molecular formula is C26H26N2O4. The van der Waals surface area contributed by atoms with E-state index in [0.29, 0.717) is 24.6 Å². The zero-order valence-corrected chi connectivity index (χ0v) is 18.2. The Morgan fingerprint density at radius 3 is 2.41 bits per heavy atom. The van der Waals surface area contributed by atoms with Crippen molar-refractivity contribution in [3.63, 3.8) is 0 Å². The van der Waals surface area contributed by atoms with Crippen LogP contribution < -0.4 is 19.7 Å². The van der Waals surface area contributed by atoms with Crippen LogP contribution in [0.1, 0.15) is 18.9 Å². The molecule has 32 heavy (non-hydrogen) atoms. The van der Waals surface area contributed by atoms with E-state index in [4.69, 9.17) is 9.47 Å². The van der Waals surface area contributed by atoms with E-state index in [1.54, 1.807) is 17.0 Å². The molecule has 0 spiro atoms. The van der Waals surface area contributed by atoms with Crippen molar-refractivity contribution >= 4 is 23.2 Å². The van der Waals surface area contributed by atoms with E-state index in [1.807, 2.05) is 74.5 Å². The Kier molecular flexibility index (Phi) is 6.40. The van der Waals surface area contributed by atoms with Crippen molar-refractivity contribution in [2.45, 2.75) is 20.3 Å². The SMILES string of the molecule is CCOc1ccc(N2C[C@H](C(=O)Nc3ccc(Oc4cccc(C)c4)cc3)CC2=O)cc1. The van der Waals surface area contributed by atoms with Gasteiger partial charge in [-0.05, 0) is 80.1 Å². The van der Waals surface area contributed by atoms with Gasteiger partial charge in [-0.25, -0.2) is 0 Å². The Labute approximate surface area is 187 Å². The number of hydrogen-bond donors (Lipinski definition) is 1. The molecule has 164 valence electrons. The smallest absolute Gasteiger partial charge is 0.229 e. The zero-order valence-electron chi connectivity index (χ0n) is 18.2. The molecule has 6 nitrogen and oxygen atoms in total. The van der Waals surface area contributed by atoms with Crippen LogP contribution in [0.3, 0.4) is 0 Å². The number of hydrogen-bond acceptors (Lipinski definition) is 4. The van der Waals surface area contributed by atoms with Gasteiger partial charge in [0, 0.05) is 24.3 Å². The van der Waals surface area contributed by atoms with Crippen LogP contribution in [0.4, 0.5) is 11.4 Å². The second kappa shape index (κ2) is 9.56. The molecule has 4 rings (SSSR count). The van der Waals surface area contributed by atoms with Crippen LogP contribution in [-0.4, -0.2) is 25.0 Å². The first-order chi connectivity index (χ1) is 15.5. The van der Waals surface area contributed by atoms with Crippen LogP contribution in [0.2, 0.25) is 0 Å². The van der Waals surface area contributed by atoms with Gasteiger partial charge >= 0.3 is 0 Å². The maximum absolute atomic E-state index is 12.7. The summed E-state index contributed by atoms with van der Waals surface area (Å²) < 4.78 is 11.3. The summed E-state index contributed by atoms with van der Waals surface area (Å²) in [5, 5.41) is 2.91. The van der Waals surface area contributed by atoms with Gasteiger partial charge in [0.05, 0.1) is 12.5 Å². The van der Waals surface area contributed by atoms with Gasteiger partial charge in [-0.2, -0.15) is 0 Å². The predicted molar refractivity (Wildman–Crippen MR) is 124 cm³/mol. The molecule has 1 heterocycles. The molecule has 0 aliphatic carbocycles. The molecule has 3 aromatic carbocycles. The molecule has 1 N–H and O–H groups in total. The Hall–Kier alpha value is -3.80. The van der Waals surface area contributed by atoms with Gasteiger partial charge in [-0.1, -0.05) is 12.1 Å². The summed E-state index contributed by atoms with van der Waals surface area (Å²) in [6.45, 7) is 4.87. The van der Waals surface area contributed by atoms with Crippen LogP contribution in [0.5, 0.6) is 17.2 Å². The minimum atomic E-state index is -0.405. The highest BCUT2D eigenvalue weighted by Crippen LogP contribution is 2.28. The zero-order chi connectivity index (χ0) is 22.5. The van der Waals surface area contributed by atoms with Crippen LogP contribution in [0.15, 0.2) is 72.8 Å². The Morgan fingerprint density at radius 2 is 1.72 bits per heavy atom. The third-order valence-electron chi connectivity index (χ3n) is 5.30. The normalized spacial score (nSPS) is 15.5. The molecule has 3 aromatic rings. The van der Waals surface area contributed by atoms with E-state index >= 15 is 0 Å². The van der Waals surface area contributed by atoms with E-state index in [9.17, 15) is 9.59 Å². The maximum atomic E-state index is 12.7. The van der Waals surface area contributed by atoms with E-state index in [-0.39, 0.29) is 18.2 Å². The number of carbonyl (C=O) groups is 2. The molecule has 1 saturated heterocycles. The summed E-state index contributed by atoms with van der Waals surface area (Å²) in [5.41, 5.74) is 2.56. The molecule has 2 amide bonds.